The molecule has 0 aliphatic rings. The van der Waals surface area contributed by atoms with Gasteiger partial charge in [-0.15, -0.1) is 0 Å². The summed E-state index contributed by atoms with van der Waals surface area (Å²) >= 11 is 9.47. The number of nitrogens with zero attached hydrogens (tertiary/aromatic N) is 1. The van der Waals surface area contributed by atoms with Crippen LogP contribution < -0.4 is 15.8 Å². The van der Waals surface area contributed by atoms with Crippen LogP contribution in [0.3, 0.4) is 0 Å². The summed E-state index contributed by atoms with van der Waals surface area (Å²) in [5.41, 5.74) is 7.09. The third-order valence-electron chi connectivity index (χ3n) is 2.29. The number of halogens is 2. The SMILES string of the molecule is COc1ccc(N)c(Nc2cc(Br)ccc2Cl)n1. The molecule has 0 radical (unpaired) electrons. The number of nitrogens with two attached hydrogens (primary N) is 1. The second kappa shape index (κ2) is 5.46. The van der Waals surface area contributed by atoms with Gasteiger partial charge in [0.25, 0.3) is 0 Å². The molecule has 0 aliphatic heterocycles. The van der Waals surface area contributed by atoms with Crippen LogP contribution in [-0.2, 0) is 0 Å². The predicted octanol–water partition coefficient (Wildman–Crippen LogP) is 3.83. The standard InChI is InChI=1S/C12H11BrClN3O/c1-18-11-5-4-9(15)12(17-11)16-10-6-7(13)2-3-8(10)14/h2-6H,15H2,1H3,(H,16,17). The molecule has 4 nitrogen and oxygen atoms in total. The Kier molecular flexibility index (Phi) is 3.93. The van der Waals surface area contributed by atoms with Crippen molar-refractivity contribution in [1.29, 1.82) is 0 Å². The molecule has 1 aromatic carbocycles. The maximum absolute atomic E-state index is 6.09. The first-order valence-corrected chi connectivity index (χ1v) is 6.30. The van der Waals surface area contributed by atoms with Gasteiger partial charge in [-0.3, -0.25) is 0 Å². The fourth-order valence-electron chi connectivity index (χ4n) is 1.39. The minimum atomic E-state index is 0.484. The van der Waals surface area contributed by atoms with Crippen molar-refractivity contribution in [2.45, 2.75) is 0 Å². The van der Waals surface area contributed by atoms with Crippen LogP contribution in [0.2, 0.25) is 5.02 Å². The number of methoxy groups -OCH3 is 1. The minimum absolute atomic E-state index is 0.484. The fraction of sp³-hybridized carbons (Fsp3) is 0.0833. The van der Waals surface area contributed by atoms with Gasteiger partial charge in [0.1, 0.15) is 0 Å². The van der Waals surface area contributed by atoms with E-state index in [4.69, 9.17) is 22.1 Å². The number of rotatable bonds is 3. The summed E-state index contributed by atoms with van der Waals surface area (Å²) in [5, 5.41) is 3.66. The highest BCUT2D eigenvalue weighted by atomic mass is 79.9. The zero-order valence-electron chi connectivity index (χ0n) is 9.58. The van der Waals surface area contributed by atoms with Crippen molar-refractivity contribution in [3.8, 4) is 5.88 Å². The number of ether oxygens (including phenoxy) is 1. The topological polar surface area (TPSA) is 60.2 Å². The van der Waals surface area contributed by atoms with Crippen LogP contribution >= 0.6 is 27.5 Å². The maximum atomic E-state index is 6.09. The molecule has 0 amide bonds. The van der Waals surface area contributed by atoms with Gasteiger partial charge in [-0.05, 0) is 24.3 Å². The molecule has 0 aliphatic carbocycles. The highest BCUT2D eigenvalue weighted by Gasteiger charge is 2.07. The average molecular weight is 329 g/mol. The smallest absolute Gasteiger partial charge is 0.215 e. The summed E-state index contributed by atoms with van der Waals surface area (Å²) in [5.74, 6) is 0.993. The Bertz CT molecular complexity index is 577. The summed E-state index contributed by atoms with van der Waals surface area (Å²) in [7, 11) is 1.55. The van der Waals surface area contributed by atoms with Gasteiger partial charge < -0.3 is 15.8 Å². The first-order chi connectivity index (χ1) is 8.60. The highest BCUT2D eigenvalue weighted by molar-refractivity contribution is 9.10. The Hall–Kier alpha value is -1.46. The molecule has 1 heterocycles. The molecule has 0 saturated heterocycles. The molecule has 0 spiro atoms. The lowest BCUT2D eigenvalue weighted by Crippen LogP contribution is -2.01. The zero-order chi connectivity index (χ0) is 13.1. The quantitative estimate of drug-likeness (QED) is 0.899. The molecular weight excluding hydrogens is 318 g/mol. The van der Waals surface area contributed by atoms with Gasteiger partial charge in [-0.2, -0.15) is 4.98 Å². The van der Waals surface area contributed by atoms with E-state index >= 15 is 0 Å². The van der Waals surface area contributed by atoms with Crippen molar-refractivity contribution >= 4 is 44.7 Å². The molecule has 18 heavy (non-hydrogen) atoms. The summed E-state index contributed by atoms with van der Waals surface area (Å²) in [4.78, 5) is 4.22. The first-order valence-electron chi connectivity index (χ1n) is 5.12. The van der Waals surface area contributed by atoms with Crippen LogP contribution in [0.25, 0.3) is 0 Å². The molecule has 0 unspecified atom stereocenters. The van der Waals surface area contributed by atoms with Crippen LogP contribution in [-0.4, -0.2) is 12.1 Å². The molecule has 6 heteroatoms. The number of aromatic nitrogens is 1. The van der Waals surface area contributed by atoms with Crippen LogP contribution in [0.5, 0.6) is 5.88 Å². The predicted molar refractivity (Wildman–Crippen MR) is 77.6 cm³/mol. The third kappa shape index (κ3) is 2.86. The van der Waals surface area contributed by atoms with Gasteiger partial charge in [0.2, 0.25) is 5.88 Å². The van der Waals surface area contributed by atoms with E-state index in [0.717, 1.165) is 10.2 Å². The van der Waals surface area contributed by atoms with E-state index in [0.29, 0.717) is 22.4 Å². The van der Waals surface area contributed by atoms with E-state index < -0.39 is 0 Å². The van der Waals surface area contributed by atoms with Crippen molar-refractivity contribution < 1.29 is 4.74 Å². The van der Waals surface area contributed by atoms with Gasteiger partial charge >= 0.3 is 0 Å². The number of pyridine rings is 1. The molecule has 94 valence electrons. The van der Waals surface area contributed by atoms with Gasteiger partial charge in [0.05, 0.1) is 23.5 Å². The van der Waals surface area contributed by atoms with E-state index in [2.05, 4.69) is 26.2 Å². The van der Waals surface area contributed by atoms with Crippen LogP contribution in [0.1, 0.15) is 0 Å². The number of nitrogen functional groups attached to an aromatic ring is 1. The largest absolute Gasteiger partial charge is 0.481 e. The van der Waals surface area contributed by atoms with E-state index in [1.807, 2.05) is 12.1 Å². The minimum Gasteiger partial charge on any atom is -0.481 e. The lowest BCUT2D eigenvalue weighted by atomic mass is 10.3. The van der Waals surface area contributed by atoms with Crippen LogP contribution in [0.4, 0.5) is 17.2 Å². The molecule has 2 rings (SSSR count). The van der Waals surface area contributed by atoms with Crippen molar-refractivity contribution in [3.05, 3.63) is 39.8 Å². The summed E-state index contributed by atoms with van der Waals surface area (Å²) in [6.07, 6.45) is 0. The number of hydrogen-bond acceptors (Lipinski definition) is 4. The molecule has 3 N–H and O–H groups in total. The number of benzene rings is 1. The van der Waals surface area contributed by atoms with Crippen molar-refractivity contribution in [3.63, 3.8) is 0 Å². The Balaban J connectivity index is 2.36. The van der Waals surface area contributed by atoms with E-state index in [9.17, 15) is 0 Å². The number of nitrogens with one attached hydrogen (secondary N) is 1. The average Bonchev–Trinajstić information content (AvgIpc) is 2.36. The fourth-order valence-corrected chi connectivity index (χ4v) is 1.91. The Labute approximate surface area is 118 Å². The van der Waals surface area contributed by atoms with E-state index in [1.165, 1.54) is 0 Å². The molecule has 0 atom stereocenters. The van der Waals surface area contributed by atoms with Gasteiger partial charge in [0.15, 0.2) is 5.82 Å². The summed E-state index contributed by atoms with van der Waals surface area (Å²) < 4.78 is 5.97. The van der Waals surface area contributed by atoms with Crippen molar-refractivity contribution in [2.24, 2.45) is 0 Å². The third-order valence-corrected chi connectivity index (χ3v) is 3.11. The first kappa shape index (κ1) is 13.0. The van der Waals surface area contributed by atoms with Gasteiger partial charge in [-0.25, -0.2) is 0 Å². The highest BCUT2D eigenvalue weighted by Crippen LogP contribution is 2.30. The second-order valence-corrected chi connectivity index (χ2v) is 4.86. The lowest BCUT2D eigenvalue weighted by molar-refractivity contribution is 0.398. The van der Waals surface area contributed by atoms with Crippen LogP contribution in [0, 0.1) is 0 Å². The maximum Gasteiger partial charge on any atom is 0.215 e. The number of hydrogen-bond donors (Lipinski definition) is 2. The monoisotopic (exact) mass is 327 g/mol. The Morgan fingerprint density at radius 1 is 1.33 bits per heavy atom. The lowest BCUT2D eigenvalue weighted by Gasteiger charge is -2.11. The summed E-state index contributed by atoms with van der Waals surface area (Å²) in [6.45, 7) is 0. The molecule has 0 saturated carbocycles. The summed E-state index contributed by atoms with van der Waals surface area (Å²) in [6, 6.07) is 8.91. The van der Waals surface area contributed by atoms with Crippen molar-refractivity contribution in [1.82, 2.24) is 4.98 Å². The Morgan fingerprint density at radius 3 is 2.83 bits per heavy atom. The normalized spacial score (nSPS) is 10.2. The molecule has 2 aromatic rings. The molecular formula is C12H11BrClN3O. The van der Waals surface area contributed by atoms with E-state index in [1.54, 1.807) is 25.3 Å². The second-order valence-electron chi connectivity index (χ2n) is 3.54. The van der Waals surface area contributed by atoms with Crippen LogP contribution in [0.15, 0.2) is 34.8 Å². The Morgan fingerprint density at radius 2 is 2.11 bits per heavy atom. The number of anilines is 3. The molecule has 0 bridgehead atoms. The van der Waals surface area contributed by atoms with Gasteiger partial charge in [0, 0.05) is 10.5 Å². The van der Waals surface area contributed by atoms with E-state index in [-0.39, 0.29) is 0 Å². The molecule has 0 fully saturated rings. The van der Waals surface area contributed by atoms with Gasteiger partial charge in [-0.1, -0.05) is 27.5 Å². The zero-order valence-corrected chi connectivity index (χ0v) is 11.9. The van der Waals surface area contributed by atoms with Crippen molar-refractivity contribution in [2.75, 3.05) is 18.2 Å². The molecule has 1 aromatic heterocycles.